The van der Waals surface area contributed by atoms with Crippen LogP contribution in [-0.2, 0) is 0 Å². The fraction of sp³-hybridized carbons (Fsp3) is 0.0667. The van der Waals surface area contributed by atoms with Gasteiger partial charge in [-0.3, -0.25) is 9.59 Å². The van der Waals surface area contributed by atoms with Crippen LogP contribution in [-0.4, -0.2) is 22.0 Å². The molecule has 0 fully saturated rings. The fourth-order valence-corrected chi connectivity index (χ4v) is 8.18. The van der Waals surface area contributed by atoms with E-state index in [0.29, 0.717) is 33.5 Å². The Labute approximate surface area is 405 Å². The molecular formula is C60H48N6O4. The number of hydrogen-bond acceptors (Lipinski definition) is 8. The lowest BCUT2D eigenvalue weighted by Crippen LogP contribution is -2.13. The van der Waals surface area contributed by atoms with Gasteiger partial charge >= 0.3 is 0 Å². The first kappa shape index (κ1) is 45.9. The molecule has 9 rings (SSSR count). The summed E-state index contributed by atoms with van der Waals surface area (Å²) in [5.41, 5.74) is 11.1. The number of carbonyl (C=O) groups excluding carboxylic acids is 2. The average molecular weight is 917 g/mol. The van der Waals surface area contributed by atoms with Gasteiger partial charge in [0.1, 0.15) is 11.4 Å². The Morgan fingerprint density at radius 3 is 1.21 bits per heavy atom. The van der Waals surface area contributed by atoms with E-state index in [0.717, 1.165) is 55.3 Å². The summed E-state index contributed by atoms with van der Waals surface area (Å²) in [5, 5.41) is 49.3. The lowest BCUT2D eigenvalue weighted by Gasteiger charge is -2.13. The Hall–Kier alpha value is -9.28. The molecule has 342 valence electrons. The minimum atomic E-state index is -0.441. The summed E-state index contributed by atoms with van der Waals surface area (Å²) >= 11 is 0. The van der Waals surface area contributed by atoms with E-state index in [1.807, 2.05) is 185 Å². The van der Waals surface area contributed by atoms with Crippen LogP contribution in [0, 0.1) is 27.7 Å². The van der Waals surface area contributed by atoms with Gasteiger partial charge in [0.05, 0.1) is 22.5 Å². The molecule has 2 amide bonds. The maximum absolute atomic E-state index is 13.5. The highest BCUT2D eigenvalue weighted by Gasteiger charge is 2.21. The summed E-state index contributed by atoms with van der Waals surface area (Å²) in [6.07, 6.45) is 8.16. The van der Waals surface area contributed by atoms with E-state index < -0.39 is 11.8 Å². The molecule has 0 spiro atoms. The zero-order valence-corrected chi connectivity index (χ0v) is 39.0. The van der Waals surface area contributed by atoms with Gasteiger partial charge in [-0.2, -0.15) is 10.2 Å². The molecule has 0 radical (unpaired) electrons. The lowest BCUT2D eigenvalue weighted by atomic mass is 10.0. The Kier molecular flexibility index (Phi) is 13.3. The monoisotopic (exact) mass is 916 g/mol. The largest absolute Gasteiger partial charge is 0.505 e. The lowest BCUT2D eigenvalue weighted by molar-refractivity contribution is 0.101. The van der Waals surface area contributed by atoms with Crippen LogP contribution in [0.4, 0.5) is 34.1 Å². The number of amides is 2. The summed E-state index contributed by atoms with van der Waals surface area (Å²) in [7, 11) is 0. The number of phenolic OH excluding ortho intramolecular Hbond substituents is 2. The smallest absolute Gasteiger partial charge is 0.259 e. The molecule has 0 aliphatic heterocycles. The number of hydrogen-bond donors (Lipinski definition) is 4. The number of phenols is 2. The molecule has 0 unspecified atom stereocenters. The van der Waals surface area contributed by atoms with E-state index >= 15 is 0 Å². The molecule has 70 heavy (non-hydrogen) atoms. The summed E-state index contributed by atoms with van der Waals surface area (Å²) in [6, 6.07) is 53.0. The van der Waals surface area contributed by atoms with Gasteiger partial charge in [0.2, 0.25) is 0 Å². The number of benzene rings is 9. The highest BCUT2D eigenvalue weighted by molar-refractivity contribution is 6.13. The van der Waals surface area contributed by atoms with E-state index in [1.54, 1.807) is 12.1 Å². The summed E-state index contributed by atoms with van der Waals surface area (Å²) in [6.45, 7) is 7.84. The van der Waals surface area contributed by atoms with Crippen molar-refractivity contribution in [3.63, 3.8) is 0 Å². The standard InChI is InChI=1S/C60H48N6O4/c1-37-17-31-53(39(3)33-37)61-59(69)51-35-45-13-7-9-15-49(45)55(57(51)67)65-63-47-27-21-41(22-28-47)19-25-43-11-5-6-12-44(43)26-20-42-23-29-48(30-24-42)64-66-56-50-16-10-8-14-46(50)36-52(58(56)68)60(70)62-54-32-18-38(2)34-40(54)4/h5-36,67-68H,1-4H3,(H,61,69)(H,62,70). The number of carbonyl (C=O) groups is 2. The average Bonchev–Trinajstić information content (AvgIpc) is 3.36. The SMILES string of the molecule is Cc1ccc(NC(=O)c2cc3ccccc3c(N=Nc3ccc(C=Cc4ccccc4C=Cc4ccc(N=Nc5c(O)c(C(=O)Nc6ccc(C)cc6C)cc6ccccc56)cc4)cc3)c2O)c(C)c1. The molecule has 0 bridgehead atoms. The van der Waals surface area contributed by atoms with Crippen molar-refractivity contribution in [1.29, 1.82) is 0 Å². The van der Waals surface area contributed by atoms with Gasteiger partial charge < -0.3 is 20.8 Å². The highest BCUT2D eigenvalue weighted by atomic mass is 16.3. The van der Waals surface area contributed by atoms with Gasteiger partial charge in [0.25, 0.3) is 11.8 Å². The van der Waals surface area contributed by atoms with Crippen LogP contribution in [0.25, 0.3) is 45.8 Å². The molecule has 0 aliphatic rings. The number of aryl methyl sites for hydroxylation is 4. The molecule has 10 heteroatoms. The van der Waals surface area contributed by atoms with Crippen molar-refractivity contribution in [2.24, 2.45) is 20.5 Å². The van der Waals surface area contributed by atoms with Crippen LogP contribution >= 0.6 is 0 Å². The second-order valence-corrected chi connectivity index (χ2v) is 17.1. The van der Waals surface area contributed by atoms with Crippen molar-refractivity contribution in [2.75, 3.05) is 10.6 Å². The topological polar surface area (TPSA) is 148 Å². The summed E-state index contributed by atoms with van der Waals surface area (Å²) in [5.74, 6) is -1.38. The minimum absolute atomic E-state index is 0.105. The second kappa shape index (κ2) is 20.3. The number of azo groups is 2. The molecule has 0 saturated carbocycles. The van der Waals surface area contributed by atoms with Crippen LogP contribution < -0.4 is 10.6 Å². The maximum Gasteiger partial charge on any atom is 0.259 e. The van der Waals surface area contributed by atoms with E-state index in [4.69, 9.17) is 0 Å². The normalized spacial score (nSPS) is 11.7. The fourth-order valence-electron chi connectivity index (χ4n) is 8.18. The Bertz CT molecular complexity index is 3360. The van der Waals surface area contributed by atoms with E-state index in [-0.39, 0.29) is 34.0 Å². The Balaban J connectivity index is 0.873. The molecule has 9 aromatic carbocycles. The Morgan fingerprint density at radius 1 is 0.429 bits per heavy atom. The quantitative estimate of drug-likeness (QED) is 0.0713. The number of anilines is 2. The summed E-state index contributed by atoms with van der Waals surface area (Å²) in [4.78, 5) is 26.9. The van der Waals surface area contributed by atoms with Crippen LogP contribution in [0.2, 0.25) is 0 Å². The molecule has 0 saturated heterocycles. The first-order valence-corrected chi connectivity index (χ1v) is 22.7. The highest BCUT2D eigenvalue weighted by Crippen LogP contribution is 2.41. The molecule has 0 heterocycles. The third-order valence-corrected chi connectivity index (χ3v) is 12.0. The minimum Gasteiger partial charge on any atom is -0.505 e. The van der Waals surface area contributed by atoms with Crippen molar-refractivity contribution >= 4 is 91.8 Å². The van der Waals surface area contributed by atoms with Crippen molar-refractivity contribution in [3.8, 4) is 11.5 Å². The number of aromatic hydroxyl groups is 2. The van der Waals surface area contributed by atoms with Crippen LogP contribution in [0.5, 0.6) is 11.5 Å². The van der Waals surface area contributed by atoms with Gasteiger partial charge in [-0.1, -0.05) is 157 Å². The zero-order chi connectivity index (χ0) is 48.7. The van der Waals surface area contributed by atoms with Gasteiger partial charge in [-0.15, -0.1) is 10.2 Å². The number of fused-ring (bicyclic) bond motifs is 2. The van der Waals surface area contributed by atoms with Crippen LogP contribution in [0.1, 0.15) is 65.2 Å². The van der Waals surface area contributed by atoms with E-state index in [1.165, 1.54) is 0 Å². The third kappa shape index (κ3) is 10.3. The first-order valence-electron chi connectivity index (χ1n) is 22.7. The van der Waals surface area contributed by atoms with Crippen LogP contribution in [0.3, 0.4) is 0 Å². The Morgan fingerprint density at radius 2 is 0.814 bits per heavy atom. The first-order chi connectivity index (χ1) is 34.0. The van der Waals surface area contributed by atoms with Crippen molar-refractivity contribution in [2.45, 2.75) is 27.7 Å². The molecule has 4 N–H and O–H groups in total. The van der Waals surface area contributed by atoms with Crippen LogP contribution in [0.15, 0.2) is 190 Å². The predicted molar refractivity (Wildman–Crippen MR) is 284 cm³/mol. The molecule has 9 aromatic rings. The van der Waals surface area contributed by atoms with Gasteiger partial charge in [0, 0.05) is 22.1 Å². The van der Waals surface area contributed by atoms with E-state index in [2.05, 4.69) is 55.4 Å². The second-order valence-electron chi connectivity index (χ2n) is 17.1. The molecule has 0 aromatic heterocycles. The number of nitrogens with zero attached hydrogens (tertiary/aromatic N) is 4. The van der Waals surface area contributed by atoms with Gasteiger partial charge in [-0.25, -0.2) is 0 Å². The molecule has 0 atom stereocenters. The number of nitrogens with one attached hydrogen (secondary N) is 2. The summed E-state index contributed by atoms with van der Waals surface area (Å²) < 4.78 is 0. The maximum atomic E-state index is 13.5. The predicted octanol–water partition coefficient (Wildman–Crippen LogP) is 16.3. The van der Waals surface area contributed by atoms with Crippen molar-refractivity contribution < 1.29 is 19.8 Å². The van der Waals surface area contributed by atoms with Crippen molar-refractivity contribution in [1.82, 2.24) is 0 Å². The van der Waals surface area contributed by atoms with Gasteiger partial charge in [0.15, 0.2) is 11.5 Å². The molecule has 0 aliphatic carbocycles. The third-order valence-electron chi connectivity index (χ3n) is 12.0. The molecule has 10 nitrogen and oxygen atoms in total. The number of rotatable bonds is 12. The van der Waals surface area contributed by atoms with E-state index in [9.17, 15) is 19.8 Å². The van der Waals surface area contributed by atoms with Gasteiger partial charge in [-0.05, 0) is 120 Å². The molecular weight excluding hydrogens is 869 g/mol. The van der Waals surface area contributed by atoms with Crippen molar-refractivity contribution in [3.05, 3.63) is 225 Å². The zero-order valence-electron chi connectivity index (χ0n) is 39.0.